The van der Waals surface area contributed by atoms with Gasteiger partial charge in [-0.15, -0.1) is 0 Å². The van der Waals surface area contributed by atoms with Crippen LogP contribution in [0.25, 0.3) is 11.0 Å². The Morgan fingerprint density at radius 2 is 1.85 bits per heavy atom. The smallest absolute Gasteiger partial charge is 0.111 e. The first-order chi connectivity index (χ1) is 9.85. The van der Waals surface area contributed by atoms with E-state index in [9.17, 15) is 0 Å². The average Bonchev–Trinajstić information content (AvgIpc) is 2.87. The molecular weight excluding hydrogens is 248 g/mol. The Morgan fingerprint density at radius 3 is 2.65 bits per heavy atom. The molecule has 1 heterocycles. The Kier molecular flexibility index (Phi) is 3.79. The average molecular weight is 266 g/mol. The predicted octanol–water partition coefficient (Wildman–Crippen LogP) is 3.08. The van der Waals surface area contributed by atoms with Crippen molar-refractivity contribution in [3.63, 3.8) is 0 Å². The molecule has 3 heteroatoms. The zero-order valence-electron chi connectivity index (χ0n) is 11.3. The molecule has 2 N–H and O–H groups in total. The van der Waals surface area contributed by atoms with Crippen LogP contribution in [-0.4, -0.2) is 21.7 Å². The lowest BCUT2D eigenvalue weighted by Crippen LogP contribution is -1.89. The standard InChI is InChI=1S/C17H18N2O/c20-10-4-7-14-8-9-15-16(11-14)19-17(18-15)12-13-5-2-1-3-6-13/h1-3,5-6,8-9,11,20H,4,7,10,12H2,(H,18,19). The number of aromatic nitrogens is 2. The molecule has 2 aromatic carbocycles. The molecule has 1 aromatic heterocycles. The van der Waals surface area contributed by atoms with Crippen molar-refractivity contribution in [3.05, 3.63) is 65.5 Å². The van der Waals surface area contributed by atoms with Crippen molar-refractivity contribution in [2.24, 2.45) is 0 Å². The molecule has 0 fully saturated rings. The van der Waals surface area contributed by atoms with E-state index in [0.717, 1.165) is 36.1 Å². The van der Waals surface area contributed by atoms with E-state index < -0.39 is 0 Å². The highest BCUT2D eigenvalue weighted by atomic mass is 16.2. The summed E-state index contributed by atoms with van der Waals surface area (Å²) in [7, 11) is 0. The minimum atomic E-state index is 0.236. The van der Waals surface area contributed by atoms with Gasteiger partial charge >= 0.3 is 0 Å². The van der Waals surface area contributed by atoms with Crippen LogP contribution in [0, 0.1) is 0 Å². The predicted molar refractivity (Wildman–Crippen MR) is 80.7 cm³/mol. The number of rotatable bonds is 5. The molecule has 102 valence electrons. The lowest BCUT2D eigenvalue weighted by Gasteiger charge is -1.98. The summed E-state index contributed by atoms with van der Waals surface area (Å²) in [4.78, 5) is 8.01. The fraction of sp³-hybridized carbons (Fsp3) is 0.235. The van der Waals surface area contributed by atoms with Crippen molar-refractivity contribution in [2.75, 3.05) is 6.61 Å². The molecule has 20 heavy (non-hydrogen) atoms. The molecule has 0 aliphatic rings. The van der Waals surface area contributed by atoms with E-state index in [0.29, 0.717) is 0 Å². The van der Waals surface area contributed by atoms with Crippen LogP contribution in [0.15, 0.2) is 48.5 Å². The molecule has 0 amide bonds. The third kappa shape index (κ3) is 2.89. The number of aromatic amines is 1. The summed E-state index contributed by atoms with van der Waals surface area (Å²) in [5, 5.41) is 8.89. The van der Waals surface area contributed by atoms with Crippen LogP contribution in [0.3, 0.4) is 0 Å². The second-order valence-corrected chi connectivity index (χ2v) is 5.02. The first-order valence-corrected chi connectivity index (χ1v) is 6.97. The molecule has 0 atom stereocenters. The van der Waals surface area contributed by atoms with Gasteiger partial charge in [0.25, 0.3) is 0 Å². The molecule has 3 nitrogen and oxygen atoms in total. The zero-order chi connectivity index (χ0) is 13.8. The lowest BCUT2D eigenvalue weighted by molar-refractivity contribution is 0.288. The largest absolute Gasteiger partial charge is 0.396 e. The Hall–Kier alpha value is -2.13. The Bertz CT molecular complexity index is 689. The molecule has 0 aliphatic heterocycles. The van der Waals surface area contributed by atoms with Crippen LogP contribution in [0.5, 0.6) is 0 Å². The summed E-state index contributed by atoms with van der Waals surface area (Å²) in [5.41, 5.74) is 4.57. The topological polar surface area (TPSA) is 48.9 Å². The normalized spacial score (nSPS) is 11.1. The molecule has 0 saturated heterocycles. The number of hydrogen-bond donors (Lipinski definition) is 2. The summed E-state index contributed by atoms with van der Waals surface area (Å²) < 4.78 is 0. The van der Waals surface area contributed by atoms with E-state index in [1.54, 1.807) is 0 Å². The second-order valence-electron chi connectivity index (χ2n) is 5.02. The van der Waals surface area contributed by atoms with Crippen molar-refractivity contribution in [1.29, 1.82) is 0 Å². The van der Waals surface area contributed by atoms with Crippen LogP contribution < -0.4 is 0 Å². The third-order valence-corrected chi connectivity index (χ3v) is 3.43. The number of aliphatic hydroxyl groups is 1. The number of aryl methyl sites for hydroxylation is 1. The highest BCUT2D eigenvalue weighted by Crippen LogP contribution is 2.16. The molecular formula is C17H18N2O. The maximum atomic E-state index is 8.89. The number of fused-ring (bicyclic) bond motifs is 1. The maximum Gasteiger partial charge on any atom is 0.111 e. The number of nitrogens with zero attached hydrogens (tertiary/aromatic N) is 1. The van der Waals surface area contributed by atoms with Crippen molar-refractivity contribution in [1.82, 2.24) is 9.97 Å². The van der Waals surface area contributed by atoms with E-state index in [4.69, 9.17) is 5.11 Å². The highest BCUT2D eigenvalue weighted by molar-refractivity contribution is 5.76. The van der Waals surface area contributed by atoms with Gasteiger partial charge in [-0.3, -0.25) is 0 Å². The van der Waals surface area contributed by atoms with Crippen LogP contribution in [0.1, 0.15) is 23.4 Å². The van der Waals surface area contributed by atoms with Crippen LogP contribution >= 0.6 is 0 Å². The van der Waals surface area contributed by atoms with E-state index >= 15 is 0 Å². The fourth-order valence-electron chi connectivity index (χ4n) is 2.42. The van der Waals surface area contributed by atoms with Gasteiger partial charge in [-0.2, -0.15) is 0 Å². The minimum Gasteiger partial charge on any atom is -0.396 e. The fourth-order valence-corrected chi connectivity index (χ4v) is 2.42. The van der Waals surface area contributed by atoms with Gasteiger partial charge in [-0.25, -0.2) is 4.98 Å². The van der Waals surface area contributed by atoms with E-state index in [1.807, 2.05) is 24.3 Å². The third-order valence-electron chi connectivity index (χ3n) is 3.43. The summed E-state index contributed by atoms with van der Waals surface area (Å²) in [6, 6.07) is 16.6. The van der Waals surface area contributed by atoms with Gasteiger partial charge in [0.05, 0.1) is 11.0 Å². The number of H-pyrrole nitrogens is 1. The van der Waals surface area contributed by atoms with Crippen molar-refractivity contribution < 1.29 is 5.11 Å². The summed E-state index contributed by atoms with van der Waals surface area (Å²) in [5.74, 6) is 0.991. The zero-order valence-corrected chi connectivity index (χ0v) is 11.3. The molecule has 3 rings (SSSR count). The van der Waals surface area contributed by atoms with Gasteiger partial charge in [0.1, 0.15) is 5.82 Å². The minimum absolute atomic E-state index is 0.236. The first-order valence-electron chi connectivity index (χ1n) is 6.97. The van der Waals surface area contributed by atoms with Crippen molar-refractivity contribution in [2.45, 2.75) is 19.3 Å². The van der Waals surface area contributed by atoms with Crippen LogP contribution in [-0.2, 0) is 12.8 Å². The van der Waals surface area contributed by atoms with Crippen LogP contribution in [0.2, 0.25) is 0 Å². The molecule has 0 aliphatic carbocycles. The number of hydrogen-bond acceptors (Lipinski definition) is 2. The van der Waals surface area contributed by atoms with Gasteiger partial charge < -0.3 is 10.1 Å². The summed E-state index contributed by atoms with van der Waals surface area (Å²) in [6.45, 7) is 0.236. The highest BCUT2D eigenvalue weighted by Gasteiger charge is 2.04. The van der Waals surface area contributed by atoms with Crippen molar-refractivity contribution >= 4 is 11.0 Å². The second kappa shape index (κ2) is 5.88. The Labute approximate surface area is 118 Å². The van der Waals surface area contributed by atoms with Crippen molar-refractivity contribution in [3.8, 4) is 0 Å². The molecule has 0 radical (unpaired) electrons. The Balaban J connectivity index is 1.83. The SMILES string of the molecule is OCCCc1ccc2nc(Cc3ccccc3)[nH]c2c1. The van der Waals surface area contributed by atoms with Crippen LogP contribution in [0.4, 0.5) is 0 Å². The van der Waals surface area contributed by atoms with E-state index in [2.05, 4.69) is 34.2 Å². The molecule has 0 bridgehead atoms. The monoisotopic (exact) mass is 266 g/mol. The van der Waals surface area contributed by atoms with Gasteiger partial charge in [-0.1, -0.05) is 36.4 Å². The van der Waals surface area contributed by atoms with Gasteiger partial charge in [0.15, 0.2) is 0 Å². The molecule has 3 aromatic rings. The quantitative estimate of drug-likeness (QED) is 0.745. The maximum absolute atomic E-state index is 8.89. The number of imidazole rings is 1. The van der Waals surface area contributed by atoms with E-state index in [1.165, 1.54) is 11.1 Å². The van der Waals surface area contributed by atoms with Gasteiger partial charge in [0, 0.05) is 13.0 Å². The summed E-state index contributed by atoms with van der Waals surface area (Å²) in [6.07, 6.45) is 2.53. The molecule has 0 unspecified atom stereocenters. The Morgan fingerprint density at radius 1 is 1.00 bits per heavy atom. The van der Waals surface area contributed by atoms with Gasteiger partial charge in [0.2, 0.25) is 0 Å². The number of nitrogens with one attached hydrogen (secondary N) is 1. The summed E-state index contributed by atoms with van der Waals surface area (Å²) >= 11 is 0. The van der Waals surface area contributed by atoms with Gasteiger partial charge in [-0.05, 0) is 36.1 Å². The lowest BCUT2D eigenvalue weighted by atomic mass is 10.1. The number of benzene rings is 2. The number of aliphatic hydroxyl groups excluding tert-OH is 1. The van der Waals surface area contributed by atoms with E-state index in [-0.39, 0.29) is 6.61 Å². The molecule has 0 saturated carbocycles. The molecule has 0 spiro atoms. The first kappa shape index (κ1) is 12.9.